The van der Waals surface area contributed by atoms with Gasteiger partial charge in [0.25, 0.3) is 0 Å². The Morgan fingerprint density at radius 3 is 2.31 bits per heavy atom. The van der Waals surface area contributed by atoms with E-state index in [1.807, 2.05) is 36.4 Å². The van der Waals surface area contributed by atoms with E-state index in [4.69, 9.17) is 0 Å². The molecular formula is C28H31N5O2. The van der Waals surface area contributed by atoms with Gasteiger partial charge in [-0.25, -0.2) is 0 Å². The minimum Gasteiger partial charge on any atom is -0.507 e. The molecule has 0 atom stereocenters. The van der Waals surface area contributed by atoms with Crippen molar-refractivity contribution in [1.29, 1.82) is 0 Å². The van der Waals surface area contributed by atoms with E-state index < -0.39 is 5.41 Å². The summed E-state index contributed by atoms with van der Waals surface area (Å²) in [6.07, 6.45) is 3.29. The van der Waals surface area contributed by atoms with Gasteiger partial charge in [-0.05, 0) is 43.7 Å². The number of aromatic nitrogens is 2. The van der Waals surface area contributed by atoms with Crippen LogP contribution in [-0.4, -0.2) is 77.3 Å². The van der Waals surface area contributed by atoms with Gasteiger partial charge in [0.2, 0.25) is 5.91 Å². The zero-order chi connectivity index (χ0) is 24.0. The van der Waals surface area contributed by atoms with E-state index in [1.165, 1.54) is 0 Å². The quantitative estimate of drug-likeness (QED) is 0.633. The number of aromatic hydroxyl groups is 1. The third kappa shape index (κ3) is 3.74. The van der Waals surface area contributed by atoms with E-state index in [0.29, 0.717) is 16.7 Å². The molecule has 7 heteroatoms. The van der Waals surface area contributed by atoms with E-state index in [-0.39, 0.29) is 11.7 Å². The van der Waals surface area contributed by atoms with E-state index in [9.17, 15) is 9.90 Å². The fourth-order valence-electron chi connectivity index (χ4n) is 6.39. The first kappa shape index (κ1) is 22.0. The van der Waals surface area contributed by atoms with Crippen LogP contribution in [0.3, 0.4) is 0 Å². The molecule has 4 heterocycles. The van der Waals surface area contributed by atoms with Gasteiger partial charge in [-0.15, -0.1) is 0 Å². The number of nitrogens with zero attached hydrogens (tertiary/aromatic N) is 5. The second kappa shape index (κ2) is 8.34. The van der Waals surface area contributed by atoms with Crippen LogP contribution in [0.4, 0.5) is 5.69 Å². The first-order valence-electron chi connectivity index (χ1n) is 12.4. The summed E-state index contributed by atoms with van der Waals surface area (Å²) in [7, 11) is 2.15. The van der Waals surface area contributed by atoms with Crippen molar-refractivity contribution >= 4 is 11.6 Å². The van der Waals surface area contributed by atoms with Crippen LogP contribution in [0.15, 0.2) is 66.9 Å². The van der Waals surface area contributed by atoms with Gasteiger partial charge in [0, 0.05) is 50.2 Å². The summed E-state index contributed by atoms with van der Waals surface area (Å²) in [4.78, 5) is 20.7. The molecule has 1 aromatic heterocycles. The second-order valence-electron chi connectivity index (χ2n) is 10.6. The Bertz CT molecular complexity index is 1220. The minimum atomic E-state index is -0.490. The van der Waals surface area contributed by atoms with Crippen molar-refractivity contribution in [2.45, 2.75) is 18.3 Å². The second-order valence-corrected chi connectivity index (χ2v) is 10.6. The molecule has 180 valence electrons. The van der Waals surface area contributed by atoms with Crippen LogP contribution in [0.1, 0.15) is 18.4 Å². The lowest BCUT2D eigenvalue weighted by Crippen LogP contribution is -2.73. The number of likely N-dealkylation sites (tertiary alicyclic amines) is 2. The summed E-state index contributed by atoms with van der Waals surface area (Å²) in [5.74, 6) is 0.475. The zero-order valence-corrected chi connectivity index (χ0v) is 20.1. The molecule has 0 unspecified atom stereocenters. The lowest BCUT2D eigenvalue weighted by atomic mass is 9.67. The monoisotopic (exact) mass is 469 g/mol. The maximum absolute atomic E-state index is 14.0. The number of piperidine rings is 1. The maximum Gasteiger partial charge on any atom is 0.233 e. The first-order chi connectivity index (χ1) is 17.0. The molecule has 3 saturated heterocycles. The molecule has 3 aliphatic heterocycles. The predicted octanol–water partition coefficient (Wildman–Crippen LogP) is 3.16. The Kier molecular flexibility index (Phi) is 5.25. The lowest BCUT2D eigenvalue weighted by molar-refractivity contribution is -0.163. The number of carbonyl (C=O) groups excluding carboxylic acids is 1. The molecule has 2 aromatic carbocycles. The average Bonchev–Trinajstić information content (AvgIpc) is 2.86. The molecule has 35 heavy (non-hydrogen) atoms. The Morgan fingerprint density at radius 2 is 1.63 bits per heavy atom. The third-order valence-electron chi connectivity index (χ3n) is 8.09. The molecule has 3 fully saturated rings. The minimum absolute atomic E-state index is 0.191. The molecule has 3 aliphatic rings. The standard InChI is InChI=1S/C28H31N5O2/c1-31-17-27(18-31)19-33(20-27)26(35)28(21-7-3-2-4-8-21)11-13-32(14-12-28)22-15-24(30-29-16-22)23-9-5-6-10-25(23)34/h2-10,15-16,34H,11-14,17-20H2,1H3. The van der Waals surface area contributed by atoms with Crippen LogP contribution in [0.5, 0.6) is 5.75 Å². The van der Waals surface area contributed by atoms with Crippen LogP contribution in [0, 0.1) is 5.41 Å². The van der Waals surface area contributed by atoms with Crippen molar-refractivity contribution < 1.29 is 9.90 Å². The number of para-hydroxylation sites is 1. The molecular weight excluding hydrogens is 438 g/mol. The van der Waals surface area contributed by atoms with Crippen LogP contribution in [0.2, 0.25) is 0 Å². The smallest absolute Gasteiger partial charge is 0.233 e. The van der Waals surface area contributed by atoms with Gasteiger partial charge in [0.1, 0.15) is 5.75 Å². The van der Waals surface area contributed by atoms with Crippen molar-refractivity contribution in [1.82, 2.24) is 20.0 Å². The molecule has 6 rings (SSSR count). The molecule has 0 aliphatic carbocycles. The summed E-state index contributed by atoms with van der Waals surface area (Å²) in [5.41, 5.74) is 3.24. The summed E-state index contributed by atoms with van der Waals surface area (Å²) in [6.45, 7) is 5.47. The highest BCUT2D eigenvalue weighted by molar-refractivity contribution is 5.89. The Hall–Kier alpha value is -3.45. The number of hydrogen-bond acceptors (Lipinski definition) is 6. The van der Waals surface area contributed by atoms with Gasteiger partial charge in [0.05, 0.1) is 23.0 Å². The van der Waals surface area contributed by atoms with Crippen LogP contribution < -0.4 is 4.90 Å². The van der Waals surface area contributed by atoms with Crippen molar-refractivity contribution in [2.75, 3.05) is 51.2 Å². The fraction of sp³-hybridized carbons (Fsp3) is 0.393. The van der Waals surface area contributed by atoms with Crippen molar-refractivity contribution in [2.24, 2.45) is 5.41 Å². The van der Waals surface area contributed by atoms with Crippen molar-refractivity contribution in [3.05, 3.63) is 72.4 Å². The number of anilines is 1. The van der Waals surface area contributed by atoms with Gasteiger partial charge >= 0.3 is 0 Å². The highest BCUT2D eigenvalue weighted by Crippen LogP contribution is 2.44. The molecule has 1 N–H and O–H groups in total. The fourth-order valence-corrected chi connectivity index (χ4v) is 6.39. The van der Waals surface area contributed by atoms with Crippen LogP contribution in [0.25, 0.3) is 11.3 Å². The van der Waals surface area contributed by atoms with E-state index in [2.05, 4.69) is 44.1 Å². The van der Waals surface area contributed by atoms with Gasteiger partial charge in [-0.2, -0.15) is 10.2 Å². The van der Waals surface area contributed by atoms with Crippen molar-refractivity contribution in [3.63, 3.8) is 0 Å². The molecule has 3 aromatic rings. The normalized spacial score (nSPS) is 20.8. The molecule has 0 bridgehead atoms. The highest BCUT2D eigenvalue weighted by Gasteiger charge is 2.55. The van der Waals surface area contributed by atoms with Gasteiger partial charge < -0.3 is 19.8 Å². The molecule has 0 radical (unpaired) electrons. The zero-order valence-electron chi connectivity index (χ0n) is 20.1. The highest BCUT2D eigenvalue weighted by atomic mass is 16.3. The Morgan fingerprint density at radius 1 is 0.943 bits per heavy atom. The number of phenolic OH excluding ortho intramolecular Hbond substituents is 1. The summed E-state index contributed by atoms with van der Waals surface area (Å²) >= 11 is 0. The Balaban J connectivity index is 1.23. The number of amides is 1. The van der Waals surface area contributed by atoms with Crippen LogP contribution in [-0.2, 0) is 10.2 Å². The van der Waals surface area contributed by atoms with E-state index >= 15 is 0 Å². The molecule has 7 nitrogen and oxygen atoms in total. The third-order valence-corrected chi connectivity index (χ3v) is 8.09. The summed E-state index contributed by atoms with van der Waals surface area (Å²) < 4.78 is 0. The maximum atomic E-state index is 14.0. The van der Waals surface area contributed by atoms with E-state index in [1.54, 1.807) is 18.3 Å². The number of rotatable bonds is 4. The topological polar surface area (TPSA) is 72.8 Å². The number of carbonyl (C=O) groups is 1. The predicted molar refractivity (Wildman–Crippen MR) is 135 cm³/mol. The number of phenols is 1. The summed E-state index contributed by atoms with van der Waals surface area (Å²) in [6, 6.07) is 19.5. The summed E-state index contributed by atoms with van der Waals surface area (Å²) in [5, 5.41) is 18.7. The van der Waals surface area contributed by atoms with Gasteiger partial charge in [-0.1, -0.05) is 42.5 Å². The lowest BCUT2D eigenvalue weighted by Gasteiger charge is -2.61. The van der Waals surface area contributed by atoms with Gasteiger partial charge in [-0.3, -0.25) is 4.79 Å². The molecule has 1 amide bonds. The number of hydrogen-bond donors (Lipinski definition) is 1. The van der Waals surface area contributed by atoms with Gasteiger partial charge in [0.15, 0.2) is 0 Å². The molecule has 1 spiro atoms. The van der Waals surface area contributed by atoms with E-state index in [0.717, 1.165) is 63.4 Å². The molecule has 0 saturated carbocycles. The SMILES string of the molecule is CN1CC2(C1)CN(C(=O)C1(c3ccccc3)CCN(c3cnnc(-c4ccccc4O)c3)CC1)C2. The number of benzene rings is 2. The largest absolute Gasteiger partial charge is 0.507 e. The Labute approximate surface area is 206 Å². The first-order valence-corrected chi connectivity index (χ1v) is 12.4. The van der Waals surface area contributed by atoms with Crippen molar-refractivity contribution in [3.8, 4) is 17.0 Å². The average molecular weight is 470 g/mol. The van der Waals surface area contributed by atoms with Crippen LogP contribution >= 0.6 is 0 Å².